The maximum absolute atomic E-state index is 14.6. The Balaban J connectivity index is 1.77. The highest BCUT2D eigenvalue weighted by atomic mass is 19.3. The van der Waals surface area contributed by atoms with E-state index < -0.39 is 30.1 Å². The Morgan fingerprint density at radius 3 is 2.35 bits per heavy atom. The summed E-state index contributed by atoms with van der Waals surface area (Å²) in [6, 6.07) is 0. The van der Waals surface area contributed by atoms with E-state index in [0.29, 0.717) is 25.9 Å². The average Bonchev–Trinajstić information content (AvgIpc) is 2.67. The zero-order valence-corrected chi connectivity index (χ0v) is 11.7. The second kappa shape index (κ2) is 5.15. The second-order valence-electron chi connectivity index (χ2n) is 6.82. The van der Waals surface area contributed by atoms with Crippen LogP contribution in [0.15, 0.2) is 0 Å². The minimum atomic E-state index is -3.09. The monoisotopic (exact) mass is 294 g/mol. The van der Waals surface area contributed by atoms with E-state index in [1.807, 2.05) is 6.92 Å². The molecular weight excluding hydrogens is 272 g/mol. The van der Waals surface area contributed by atoms with Gasteiger partial charge in [0.05, 0.1) is 18.6 Å². The first-order chi connectivity index (χ1) is 9.41. The molecule has 3 aliphatic rings. The van der Waals surface area contributed by atoms with Crippen LogP contribution in [0.1, 0.15) is 39.0 Å². The minimum Gasteiger partial charge on any atom is -0.378 e. The van der Waals surface area contributed by atoms with Crippen LogP contribution in [0, 0.1) is 23.7 Å². The van der Waals surface area contributed by atoms with Crippen molar-refractivity contribution in [1.82, 2.24) is 0 Å². The molecule has 1 aliphatic heterocycles. The summed E-state index contributed by atoms with van der Waals surface area (Å²) in [7, 11) is 0. The van der Waals surface area contributed by atoms with Crippen LogP contribution in [-0.2, 0) is 4.74 Å². The Labute approximate surface area is 117 Å². The molecule has 0 aromatic carbocycles. The van der Waals surface area contributed by atoms with Crippen LogP contribution in [0.25, 0.3) is 0 Å². The van der Waals surface area contributed by atoms with Crippen LogP contribution in [0.2, 0.25) is 0 Å². The predicted octanol–water partition coefficient (Wildman–Crippen LogP) is 4.16. The number of rotatable bonds is 1. The van der Waals surface area contributed by atoms with Gasteiger partial charge in [0.15, 0.2) is 0 Å². The van der Waals surface area contributed by atoms with Gasteiger partial charge in [-0.2, -0.15) is 0 Å². The van der Waals surface area contributed by atoms with Crippen molar-refractivity contribution in [2.45, 2.75) is 63.4 Å². The van der Waals surface area contributed by atoms with E-state index in [0.717, 1.165) is 6.42 Å². The van der Waals surface area contributed by atoms with Crippen molar-refractivity contribution in [3.8, 4) is 0 Å². The van der Waals surface area contributed by atoms with Crippen molar-refractivity contribution < 1.29 is 22.3 Å². The zero-order valence-electron chi connectivity index (χ0n) is 11.7. The Morgan fingerprint density at radius 2 is 1.70 bits per heavy atom. The van der Waals surface area contributed by atoms with Crippen LogP contribution < -0.4 is 0 Å². The first-order valence-electron chi connectivity index (χ1n) is 7.68. The van der Waals surface area contributed by atoms with E-state index in [4.69, 9.17) is 4.74 Å². The van der Waals surface area contributed by atoms with Crippen molar-refractivity contribution in [3.05, 3.63) is 0 Å². The van der Waals surface area contributed by atoms with Gasteiger partial charge in [-0.25, -0.2) is 17.6 Å². The fourth-order valence-electron chi connectivity index (χ4n) is 4.45. The third kappa shape index (κ3) is 2.26. The van der Waals surface area contributed by atoms with Crippen molar-refractivity contribution in [2.75, 3.05) is 6.61 Å². The molecule has 1 nitrogen and oxygen atoms in total. The summed E-state index contributed by atoms with van der Waals surface area (Å²) >= 11 is 0. The molecule has 3 rings (SSSR count). The summed E-state index contributed by atoms with van der Waals surface area (Å²) in [5.41, 5.74) is 0. The van der Waals surface area contributed by atoms with Gasteiger partial charge in [-0.15, -0.1) is 0 Å². The summed E-state index contributed by atoms with van der Waals surface area (Å²) in [6.45, 7) is 2.27. The summed E-state index contributed by atoms with van der Waals surface area (Å²) in [5.74, 6) is -5.93. The van der Waals surface area contributed by atoms with Gasteiger partial charge in [-0.3, -0.25) is 0 Å². The van der Waals surface area contributed by atoms with Gasteiger partial charge in [0.1, 0.15) is 12.3 Å². The molecule has 6 unspecified atom stereocenters. The fourth-order valence-corrected chi connectivity index (χ4v) is 4.45. The van der Waals surface area contributed by atoms with E-state index in [-0.39, 0.29) is 24.4 Å². The fraction of sp³-hybridized carbons (Fsp3) is 1.00. The molecule has 7 atom stereocenters. The van der Waals surface area contributed by atoms with E-state index >= 15 is 0 Å². The number of alkyl halides is 4. The van der Waals surface area contributed by atoms with E-state index in [9.17, 15) is 17.6 Å². The first-order valence-corrected chi connectivity index (χ1v) is 7.68. The molecule has 0 aromatic heterocycles. The topological polar surface area (TPSA) is 9.23 Å². The smallest absolute Gasteiger partial charge is 0.257 e. The first kappa shape index (κ1) is 14.6. The molecule has 1 saturated heterocycles. The zero-order chi connectivity index (χ0) is 14.5. The molecule has 0 N–H and O–H groups in total. The van der Waals surface area contributed by atoms with Gasteiger partial charge >= 0.3 is 0 Å². The lowest BCUT2D eigenvalue weighted by molar-refractivity contribution is -0.150. The largest absolute Gasteiger partial charge is 0.378 e. The van der Waals surface area contributed by atoms with Crippen LogP contribution in [0.5, 0.6) is 0 Å². The average molecular weight is 294 g/mol. The molecule has 1 heterocycles. The normalized spacial score (nSPS) is 51.8. The third-order valence-corrected chi connectivity index (χ3v) is 5.61. The molecule has 0 bridgehead atoms. The van der Waals surface area contributed by atoms with Gasteiger partial charge in [-0.1, -0.05) is 0 Å². The maximum atomic E-state index is 14.6. The van der Waals surface area contributed by atoms with Gasteiger partial charge in [0, 0.05) is 5.92 Å². The molecule has 2 saturated carbocycles. The summed E-state index contributed by atoms with van der Waals surface area (Å²) in [6.07, 6.45) is -1.32. The lowest BCUT2D eigenvalue weighted by Crippen LogP contribution is -2.46. The molecule has 20 heavy (non-hydrogen) atoms. The lowest BCUT2D eigenvalue weighted by atomic mass is 9.78. The Hall–Kier alpha value is -0.320. The Kier molecular flexibility index (Phi) is 3.76. The number of fused-ring (bicyclic) bond motifs is 1. The van der Waals surface area contributed by atoms with Gasteiger partial charge < -0.3 is 4.74 Å². The second-order valence-corrected chi connectivity index (χ2v) is 6.82. The molecule has 0 aromatic rings. The van der Waals surface area contributed by atoms with Crippen LogP contribution in [0.4, 0.5) is 17.6 Å². The molecule has 3 fully saturated rings. The Bertz CT molecular complexity index is 354. The molecule has 2 aliphatic carbocycles. The van der Waals surface area contributed by atoms with Crippen LogP contribution >= 0.6 is 0 Å². The molecule has 116 valence electrons. The quantitative estimate of drug-likeness (QED) is 0.660. The predicted molar refractivity (Wildman–Crippen MR) is 67.2 cm³/mol. The lowest BCUT2D eigenvalue weighted by Gasteiger charge is -2.37. The van der Waals surface area contributed by atoms with E-state index in [2.05, 4.69) is 0 Å². The minimum absolute atomic E-state index is 0.0866. The molecular formula is C15H22F4O. The molecule has 5 heteroatoms. The number of ether oxygens (including phenoxy) is 1. The van der Waals surface area contributed by atoms with E-state index in [1.165, 1.54) is 0 Å². The van der Waals surface area contributed by atoms with Gasteiger partial charge in [0.2, 0.25) is 0 Å². The summed E-state index contributed by atoms with van der Waals surface area (Å²) in [4.78, 5) is 0. The third-order valence-electron chi connectivity index (χ3n) is 5.61. The van der Waals surface area contributed by atoms with Crippen molar-refractivity contribution in [3.63, 3.8) is 0 Å². The highest BCUT2D eigenvalue weighted by Gasteiger charge is 2.64. The van der Waals surface area contributed by atoms with E-state index in [1.54, 1.807) is 0 Å². The van der Waals surface area contributed by atoms with Crippen LogP contribution in [-0.4, -0.2) is 31.0 Å². The molecule has 0 amide bonds. The summed E-state index contributed by atoms with van der Waals surface area (Å²) < 4.78 is 62.1. The highest BCUT2D eigenvalue weighted by Crippen LogP contribution is 2.58. The number of hydrogen-bond acceptors (Lipinski definition) is 1. The molecule has 0 radical (unpaired) electrons. The van der Waals surface area contributed by atoms with Crippen molar-refractivity contribution in [1.29, 1.82) is 0 Å². The number of halogens is 4. The SMILES string of the molecule is CC1CC[C@H](C2CC3CCC(F)C(F)C3C2(F)F)CO1. The van der Waals surface area contributed by atoms with Crippen molar-refractivity contribution in [2.24, 2.45) is 23.7 Å². The van der Waals surface area contributed by atoms with Gasteiger partial charge in [-0.05, 0) is 50.9 Å². The Morgan fingerprint density at radius 1 is 1.00 bits per heavy atom. The molecule has 0 spiro atoms. The van der Waals surface area contributed by atoms with Crippen molar-refractivity contribution >= 4 is 0 Å². The standard InChI is InChI=1S/C15H22F4O/c1-8-2-3-10(7-20-8)11-6-9-4-5-12(16)14(17)13(9)15(11,18)19/h8-14H,2-7H2,1H3/t8?,9?,10-,11?,12?,13?,14?/m0/s1. The maximum Gasteiger partial charge on any atom is 0.257 e. The van der Waals surface area contributed by atoms with Crippen LogP contribution in [0.3, 0.4) is 0 Å². The summed E-state index contributed by atoms with van der Waals surface area (Å²) in [5, 5.41) is 0. The highest BCUT2D eigenvalue weighted by molar-refractivity contribution is 5.05. The van der Waals surface area contributed by atoms with Gasteiger partial charge in [0.25, 0.3) is 5.92 Å². The number of hydrogen-bond donors (Lipinski definition) is 0.